The van der Waals surface area contributed by atoms with Crippen molar-refractivity contribution in [2.75, 3.05) is 19.6 Å². The Balaban J connectivity index is 1.92. The van der Waals surface area contributed by atoms with E-state index in [4.69, 9.17) is 11.6 Å². The minimum atomic E-state index is 0.00368. The van der Waals surface area contributed by atoms with E-state index in [1.807, 2.05) is 5.38 Å². The first-order valence-corrected chi connectivity index (χ1v) is 7.14. The van der Waals surface area contributed by atoms with Crippen LogP contribution in [0.2, 0.25) is 0 Å². The maximum Gasteiger partial charge on any atom is 0.229 e. The fraction of sp³-hybridized carbons (Fsp3) is 0.545. The van der Waals surface area contributed by atoms with Crippen molar-refractivity contribution in [2.24, 2.45) is 0 Å². The summed E-state index contributed by atoms with van der Waals surface area (Å²) in [6.45, 7) is 1.58. The van der Waals surface area contributed by atoms with Crippen LogP contribution in [0, 0.1) is 0 Å². The first-order chi connectivity index (χ1) is 8.69. The Morgan fingerprint density at radius 2 is 2.39 bits per heavy atom. The van der Waals surface area contributed by atoms with E-state index >= 15 is 0 Å². The van der Waals surface area contributed by atoms with E-state index in [2.05, 4.69) is 10.3 Å². The molecule has 0 unspecified atom stereocenters. The standard InChI is InChI=1S/C11H14ClN3O2S/c12-6-8-7-18-10(14-8)5-11(17)15-3-1-9(16)13-2-4-15/h7H,1-6H2,(H,13,16). The molecule has 2 heterocycles. The number of rotatable bonds is 3. The molecule has 1 aromatic rings. The van der Waals surface area contributed by atoms with Crippen molar-refractivity contribution in [1.29, 1.82) is 0 Å². The SMILES string of the molecule is O=C1CCN(C(=O)Cc2nc(CCl)cs2)CCN1. The first kappa shape index (κ1) is 13.3. The third-order valence-corrected chi connectivity index (χ3v) is 3.88. The van der Waals surface area contributed by atoms with E-state index in [-0.39, 0.29) is 18.2 Å². The van der Waals surface area contributed by atoms with Gasteiger partial charge < -0.3 is 10.2 Å². The van der Waals surface area contributed by atoms with Crippen molar-refractivity contribution >= 4 is 34.8 Å². The number of nitrogens with one attached hydrogen (secondary N) is 1. The number of hydrogen-bond acceptors (Lipinski definition) is 4. The van der Waals surface area contributed by atoms with Crippen LogP contribution in [0.3, 0.4) is 0 Å². The number of thiazole rings is 1. The summed E-state index contributed by atoms with van der Waals surface area (Å²) in [5.41, 5.74) is 0.803. The van der Waals surface area contributed by atoms with Crippen LogP contribution in [0.25, 0.3) is 0 Å². The molecule has 0 spiro atoms. The van der Waals surface area contributed by atoms with Crippen LogP contribution >= 0.6 is 22.9 Å². The van der Waals surface area contributed by atoms with Gasteiger partial charge in [-0.3, -0.25) is 9.59 Å². The molecule has 98 valence electrons. The molecule has 1 aliphatic heterocycles. The van der Waals surface area contributed by atoms with Crippen molar-refractivity contribution in [3.63, 3.8) is 0 Å². The molecule has 7 heteroatoms. The zero-order valence-corrected chi connectivity index (χ0v) is 11.4. The average molecular weight is 288 g/mol. The van der Waals surface area contributed by atoms with Gasteiger partial charge in [0.2, 0.25) is 11.8 Å². The van der Waals surface area contributed by atoms with Crippen LogP contribution in [-0.4, -0.2) is 41.3 Å². The number of alkyl halides is 1. The summed E-state index contributed by atoms with van der Waals surface area (Å²) < 4.78 is 0. The Labute approximate surface area is 114 Å². The van der Waals surface area contributed by atoms with Gasteiger partial charge in [0.15, 0.2) is 0 Å². The van der Waals surface area contributed by atoms with Gasteiger partial charge in [0.25, 0.3) is 0 Å². The van der Waals surface area contributed by atoms with Crippen LogP contribution in [0.15, 0.2) is 5.38 Å². The lowest BCUT2D eigenvalue weighted by atomic mass is 10.3. The summed E-state index contributed by atoms with van der Waals surface area (Å²) >= 11 is 7.11. The van der Waals surface area contributed by atoms with Gasteiger partial charge in [0, 0.05) is 31.4 Å². The number of hydrogen-bond donors (Lipinski definition) is 1. The number of halogens is 1. The molecular weight excluding hydrogens is 274 g/mol. The number of carbonyl (C=O) groups excluding carboxylic acids is 2. The molecule has 1 fully saturated rings. The third-order valence-electron chi connectivity index (χ3n) is 2.70. The summed E-state index contributed by atoms with van der Waals surface area (Å²) in [4.78, 5) is 29.2. The predicted molar refractivity (Wildman–Crippen MR) is 69.6 cm³/mol. The van der Waals surface area contributed by atoms with Crippen LogP contribution in [0.5, 0.6) is 0 Å². The molecule has 0 aromatic carbocycles. The lowest BCUT2D eigenvalue weighted by molar-refractivity contribution is -0.130. The number of aromatic nitrogens is 1. The molecule has 1 aromatic heterocycles. The number of nitrogens with zero attached hydrogens (tertiary/aromatic N) is 2. The van der Waals surface area contributed by atoms with Gasteiger partial charge in [-0.2, -0.15) is 0 Å². The van der Waals surface area contributed by atoms with Crippen molar-refractivity contribution < 1.29 is 9.59 Å². The zero-order chi connectivity index (χ0) is 13.0. The molecule has 5 nitrogen and oxygen atoms in total. The highest BCUT2D eigenvalue weighted by molar-refractivity contribution is 7.09. The van der Waals surface area contributed by atoms with Crippen LogP contribution in [0.4, 0.5) is 0 Å². The Bertz CT molecular complexity index is 449. The van der Waals surface area contributed by atoms with E-state index < -0.39 is 0 Å². The third kappa shape index (κ3) is 3.43. The Morgan fingerprint density at radius 3 is 3.11 bits per heavy atom. The fourth-order valence-electron chi connectivity index (χ4n) is 1.75. The quantitative estimate of drug-likeness (QED) is 0.836. The van der Waals surface area contributed by atoms with Gasteiger partial charge >= 0.3 is 0 Å². The largest absolute Gasteiger partial charge is 0.354 e. The maximum absolute atomic E-state index is 12.0. The highest BCUT2D eigenvalue weighted by Gasteiger charge is 2.19. The normalized spacial score (nSPS) is 16.3. The van der Waals surface area contributed by atoms with Crippen LogP contribution in [0.1, 0.15) is 17.1 Å². The smallest absolute Gasteiger partial charge is 0.229 e. The molecule has 2 rings (SSSR count). The van der Waals surface area contributed by atoms with Crippen LogP contribution in [-0.2, 0) is 21.9 Å². The molecule has 18 heavy (non-hydrogen) atoms. The van der Waals surface area contributed by atoms with Gasteiger partial charge in [-0.25, -0.2) is 4.98 Å². The predicted octanol–water partition coefficient (Wildman–Crippen LogP) is 0.773. The minimum Gasteiger partial charge on any atom is -0.354 e. The molecule has 0 radical (unpaired) electrons. The summed E-state index contributed by atoms with van der Waals surface area (Å²) in [5.74, 6) is 0.387. The molecule has 0 aliphatic carbocycles. The van der Waals surface area contributed by atoms with Gasteiger partial charge in [0.1, 0.15) is 5.01 Å². The number of carbonyl (C=O) groups is 2. The Kier molecular flexibility index (Phi) is 4.54. The van der Waals surface area contributed by atoms with E-state index in [9.17, 15) is 9.59 Å². The van der Waals surface area contributed by atoms with Gasteiger partial charge in [-0.1, -0.05) is 0 Å². The second-order valence-corrected chi connectivity index (χ2v) is 5.23. The molecule has 0 atom stereocenters. The topological polar surface area (TPSA) is 62.3 Å². The van der Waals surface area contributed by atoms with Gasteiger partial charge in [-0.05, 0) is 0 Å². The van der Waals surface area contributed by atoms with Crippen LogP contribution < -0.4 is 5.32 Å². The maximum atomic E-state index is 12.0. The van der Waals surface area contributed by atoms with E-state index in [1.165, 1.54) is 11.3 Å². The average Bonchev–Trinajstić information content (AvgIpc) is 2.69. The molecule has 1 aliphatic rings. The van der Waals surface area contributed by atoms with Crippen molar-refractivity contribution in [1.82, 2.24) is 15.2 Å². The second kappa shape index (κ2) is 6.15. The Morgan fingerprint density at radius 1 is 1.56 bits per heavy atom. The zero-order valence-electron chi connectivity index (χ0n) is 9.82. The van der Waals surface area contributed by atoms with Gasteiger partial charge in [0.05, 0.1) is 18.0 Å². The summed E-state index contributed by atoms with van der Waals surface area (Å²) in [7, 11) is 0. The highest BCUT2D eigenvalue weighted by atomic mass is 35.5. The van der Waals surface area contributed by atoms with E-state index in [0.717, 1.165) is 10.7 Å². The number of amides is 2. The lowest BCUT2D eigenvalue weighted by Gasteiger charge is -2.18. The van der Waals surface area contributed by atoms with Gasteiger partial charge in [-0.15, -0.1) is 22.9 Å². The second-order valence-electron chi connectivity index (χ2n) is 4.02. The van der Waals surface area contributed by atoms with Crippen molar-refractivity contribution in [2.45, 2.75) is 18.7 Å². The van der Waals surface area contributed by atoms with Crippen molar-refractivity contribution in [3.05, 3.63) is 16.1 Å². The van der Waals surface area contributed by atoms with Crippen molar-refractivity contribution in [3.8, 4) is 0 Å². The summed E-state index contributed by atoms with van der Waals surface area (Å²) in [5, 5.41) is 5.38. The molecule has 0 bridgehead atoms. The Hall–Kier alpha value is -1.14. The summed E-state index contributed by atoms with van der Waals surface area (Å²) in [6.07, 6.45) is 0.659. The molecular formula is C11H14ClN3O2S. The molecule has 2 amide bonds. The minimum absolute atomic E-state index is 0.00368. The van der Waals surface area contributed by atoms with E-state index in [1.54, 1.807) is 4.90 Å². The van der Waals surface area contributed by atoms with E-state index in [0.29, 0.717) is 31.9 Å². The molecule has 1 saturated heterocycles. The first-order valence-electron chi connectivity index (χ1n) is 5.73. The monoisotopic (exact) mass is 287 g/mol. The molecule has 1 N–H and O–H groups in total. The highest BCUT2D eigenvalue weighted by Crippen LogP contribution is 2.13. The molecule has 0 saturated carbocycles. The lowest BCUT2D eigenvalue weighted by Crippen LogP contribution is -2.35. The fourth-order valence-corrected chi connectivity index (χ4v) is 2.76. The summed E-state index contributed by atoms with van der Waals surface area (Å²) in [6, 6.07) is 0.